The largest absolute Gasteiger partial charge is 0.286 e. The van der Waals surface area contributed by atoms with Gasteiger partial charge >= 0.3 is 0 Å². The molecule has 4 nitrogen and oxygen atoms in total. The van der Waals surface area contributed by atoms with Crippen molar-refractivity contribution in [1.29, 1.82) is 0 Å². The van der Waals surface area contributed by atoms with E-state index in [0.717, 1.165) is 5.78 Å². The second kappa shape index (κ2) is 3.57. The average molecular weight is 258 g/mol. The monoisotopic (exact) mass is 258 g/mol. The minimum Gasteiger partial charge on any atom is -0.286 e. The molecule has 0 saturated carbocycles. The van der Waals surface area contributed by atoms with E-state index in [0.29, 0.717) is 6.04 Å². The molecular formula is C15H22N4. The van der Waals surface area contributed by atoms with Crippen LogP contribution >= 0.6 is 0 Å². The molecule has 0 bridgehead atoms. The normalized spacial score (nSPS) is 21.2. The first kappa shape index (κ1) is 12.6. The number of hydrogen-bond donors (Lipinski definition) is 0. The number of hydrogen-bond acceptors (Lipinski definition) is 3. The zero-order valence-electron chi connectivity index (χ0n) is 12.6. The molecule has 0 aliphatic carbocycles. The highest BCUT2D eigenvalue weighted by Gasteiger charge is 2.51. The lowest BCUT2D eigenvalue weighted by Gasteiger charge is -2.43. The maximum Gasteiger partial charge on any atom is 0.233 e. The summed E-state index contributed by atoms with van der Waals surface area (Å²) >= 11 is 0. The lowest BCUT2D eigenvalue weighted by molar-refractivity contribution is 0.00692. The summed E-state index contributed by atoms with van der Waals surface area (Å²) in [5, 5.41) is 0. The third-order valence-corrected chi connectivity index (χ3v) is 4.39. The summed E-state index contributed by atoms with van der Waals surface area (Å²) in [6, 6.07) is 0.468. The van der Waals surface area contributed by atoms with Gasteiger partial charge in [0.25, 0.3) is 0 Å². The molecule has 4 heteroatoms. The van der Waals surface area contributed by atoms with Crippen LogP contribution in [0, 0.1) is 0 Å². The second-order valence-corrected chi connectivity index (χ2v) is 6.70. The van der Waals surface area contributed by atoms with E-state index in [2.05, 4.69) is 60.8 Å². The lowest BCUT2D eigenvalue weighted by Crippen LogP contribution is -2.49. The molecule has 0 aromatic carbocycles. The van der Waals surface area contributed by atoms with Crippen LogP contribution in [-0.4, -0.2) is 25.3 Å². The minimum atomic E-state index is -0.0328. The van der Waals surface area contributed by atoms with Gasteiger partial charge in [-0.1, -0.05) is 0 Å². The van der Waals surface area contributed by atoms with Crippen molar-refractivity contribution in [3.8, 4) is 0 Å². The molecular weight excluding hydrogens is 236 g/mol. The number of aromatic nitrogens is 3. The van der Waals surface area contributed by atoms with E-state index >= 15 is 0 Å². The number of nitrogens with zero attached hydrogens (tertiary/aromatic N) is 4. The van der Waals surface area contributed by atoms with Crippen LogP contribution in [0.1, 0.15) is 52.8 Å². The van der Waals surface area contributed by atoms with Gasteiger partial charge < -0.3 is 0 Å². The Labute approximate surface area is 114 Å². The van der Waals surface area contributed by atoms with Gasteiger partial charge in [-0.15, -0.1) is 0 Å². The van der Waals surface area contributed by atoms with Crippen molar-refractivity contribution in [2.24, 2.45) is 0 Å². The molecule has 1 aliphatic heterocycles. The summed E-state index contributed by atoms with van der Waals surface area (Å²) in [6.45, 7) is 13.7. The maximum atomic E-state index is 4.49. The number of fused-ring (bicyclic) bond motifs is 3. The predicted octanol–water partition coefficient (Wildman–Crippen LogP) is 2.92. The first-order valence-corrected chi connectivity index (χ1v) is 6.90. The fourth-order valence-electron chi connectivity index (χ4n) is 4.18. The van der Waals surface area contributed by atoms with Crippen LogP contribution in [-0.2, 0) is 11.1 Å². The fraction of sp³-hybridized carbons (Fsp3) is 0.600. The number of rotatable bonds is 1. The van der Waals surface area contributed by atoms with Gasteiger partial charge in [-0.25, -0.2) is 9.97 Å². The third-order valence-electron chi connectivity index (χ3n) is 4.39. The topological polar surface area (TPSA) is 33.4 Å². The molecule has 3 rings (SSSR count). The van der Waals surface area contributed by atoms with Crippen LogP contribution in [0.5, 0.6) is 0 Å². The zero-order chi connectivity index (χ0) is 14.0. The molecule has 0 fully saturated rings. The summed E-state index contributed by atoms with van der Waals surface area (Å²) in [7, 11) is 0. The van der Waals surface area contributed by atoms with Crippen LogP contribution in [0.4, 0.5) is 0 Å². The van der Waals surface area contributed by atoms with E-state index in [1.807, 2.05) is 18.6 Å². The summed E-state index contributed by atoms with van der Waals surface area (Å²) in [5.74, 6) is 0.785. The molecule has 102 valence electrons. The van der Waals surface area contributed by atoms with Crippen LogP contribution in [0.2, 0.25) is 0 Å². The van der Waals surface area contributed by atoms with Crippen molar-refractivity contribution < 1.29 is 0 Å². The highest BCUT2D eigenvalue weighted by atomic mass is 15.3. The van der Waals surface area contributed by atoms with Crippen molar-refractivity contribution in [3.05, 3.63) is 29.8 Å². The smallest absolute Gasteiger partial charge is 0.233 e. The van der Waals surface area contributed by atoms with Crippen LogP contribution in [0.25, 0.3) is 5.78 Å². The SMILES string of the molecule is CC(C)N1C(C)(C)c2cnc3nccn3c2C1(C)C. The standard InChI is InChI=1S/C15H22N4/c1-10(2)19-14(3,4)11-9-17-13-16-7-8-18(13)12(11)15(19,5)6/h7-10H,1-6H3. The Kier molecular flexibility index (Phi) is 2.37. The Balaban J connectivity index is 2.38. The van der Waals surface area contributed by atoms with Gasteiger partial charge in [0.15, 0.2) is 0 Å². The van der Waals surface area contributed by atoms with Crippen LogP contribution in [0.3, 0.4) is 0 Å². The Morgan fingerprint density at radius 2 is 1.74 bits per heavy atom. The van der Waals surface area contributed by atoms with Crippen LogP contribution in [0.15, 0.2) is 18.6 Å². The van der Waals surface area contributed by atoms with E-state index < -0.39 is 0 Å². The maximum absolute atomic E-state index is 4.49. The summed E-state index contributed by atoms with van der Waals surface area (Å²) in [6.07, 6.45) is 5.84. The minimum absolute atomic E-state index is 0.0154. The van der Waals surface area contributed by atoms with Gasteiger partial charge in [-0.2, -0.15) is 0 Å². The Hall–Kier alpha value is -1.42. The molecule has 0 saturated heterocycles. The third kappa shape index (κ3) is 1.43. The molecule has 3 heterocycles. The molecule has 19 heavy (non-hydrogen) atoms. The summed E-state index contributed by atoms with van der Waals surface area (Å²) in [5.41, 5.74) is 2.57. The van der Waals surface area contributed by atoms with E-state index in [1.165, 1.54) is 11.3 Å². The summed E-state index contributed by atoms with van der Waals surface area (Å²) < 4.78 is 2.14. The first-order chi connectivity index (χ1) is 8.78. The van der Waals surface area contributed by atoms with E-state index in [1.54, 1.807) is 0 Å². The van der Waals surface area contributed by atoms with Gasteiger partial charge in [0.05, 0.1) is 11.2 Å². The molecule has 0 radical (unpaired) electrons. The van der Waals surface area contributed by atoms with E-state index in [-0.39, 0.29) is 11.1 Å². The molecule has 2 aromatic heterocycles. The second-order valence-electron chi connectivity index (χ2n) is 6.70. The molecule has 1 aliphatic rings. The predicted molar refractivity (Wildman–Crippen MR) is 76.0 cm³/mol. The van der Waals surface area contributed by atoms with Crippen molar-refractivity contribution >= 4 is 5.78 Å². The van der Waals surface area contributed by atoms with E-state index in [4.69, 9.17) is 0 Å². The highest BCUT2D eigenvalue weighted by molar-refractivity contribution is 5.44. The van der Waals surface area contributed by atoms with Gasteiger partial charge in [-0.05, 0) is 41.5 Å². The van der Waals surface area contributed by atoms with Gasteiger partial charge in [0.1, 0.15) is 0 Å². The van der Waals surface area contributed by atoms with E-state index in [9.17, 15) is 0 Å². The van der Waals surface area contributed by atoms with Gasteiger partial charge in [0, 0.05) is 35.7 Å². The average Bonchev–Trinajstić information content (AvgIpc) is 2.77. The van der Waals surface area contributed by atoms with Gasteiger partial charge in [-0.3, -0.25) is 9.30 Å². The first-order valence-electron chi connectivity index (χ1n) is 6.90. The van der Waals surface area contributed by atoms with Gasteiger partial charge in [0.2, 0.25) is 5.78 Å². The number of imidazole rings is 1. The van der Waals surface area contributed by atoms with Crippen molar-refractivity contribution in [2.75, 3.05) is 0 Å². The van der Waals surface area contributed by atoms with Crippen molar-refractivity contribution in [1.82, 2.24) is 19.3 Å². The molecule has 2 aromatic rings. The lowest BCUT2D eigenvalue weighted by atomic mass is 9.96. The molecule has 0 unspecified atom stereocenters. The van der Waals surface area contributed by atoms with Crippen molar-refractivity contribution in [2.45, 2.75) is 58.7 Å². The zero-order valence-corrected chi connectivity index (χ0v) is 12.6. The Morgan fingerprint density at radius 1 is 1.05 bits per heavy atom. The quantitative estimate of drug-likeness (QED) is 0.788. The fourth-order valence-corrected chi connectivity index (χ4v) is 4.18. The van der Waals surface area contributed by atoms with Crippen LogP contribution < -0.4 is 0 Å². The summed E-state index contributed by atoms with van der Waals surface area (Å²) in [4.78, 5) is 11.4. The molecule has 0 amide bonds. The molecule has 0 N–H and O–H groups in total. The molecule has 0 spiro atoms. The highest BCUT2D eigenvalue weighted by Crippen LogP contribution is 2.49. The van der Waals surface area contributed by atoms with Crippen molar-refractivity contribution in [3.63, 3.8) is 0 Å². The Morgan fingerprint density at radius 3 is 2.37 bits per heavy atom. The Bertz CT molecular complexity index is 637. The molecule has 0 atom stereocenters.